The van der Waals surface area contributed by atoms with Gasteiger partial charge in [0.25, 0.3) is 0 Å². The van der Waals surface area contributed by atoms with Gasteiger partial charge in [0.1, 0.15) is 10.7 Å². The van der Waals surface area contributed by atoms with E-state index in [0.29, 0.717) is 44.9 Å². The highest BCUT2D eigenvalue weighted by atomic mass is 35.5. The van der Waals surface area contributed by atoms with Crippen molar-refractivity contribution in [3.05, 3.63) is 53.3 Å². The highest BCUT2D eigenvalue weighted by Gasteiger charge is 2.19. The molecule has 1 aliphatic rings. The molecule has 4 rings (SSSR count). The summed E-state index contributed by atoms with van der Waals surface area (Å²) in [6, 6.07) is 11.4. The minimum absolute atomic E-state index is 0.0196. The number of aromatic nitrogens is 3. The van der Waals surface area contributed by atoms with E-state index in [4.69, 9.17) is 21.3 Å². The molecule has 1 atom stereocenters. The van der Waals surface area contributed by atoms with E-state index in [9.17, 15) is 4.21 Å². The van der Waals surface area contributed by atoms with Gasteiger partial charge in [0.15, 0.2) is 5.82 Å². The van der Waals surface area contributed by atoms with E-state index >= 15 is 0 Å². The van der Waals surface area contributed by atoms with Crippen LogP contribution < -0.4 is 20.7 Å². The van der Waals surface area contributed by atoms with Gasteiger partial charge < -0.3 is 20.7 Å². The molecular weight excluding hydrogens is 472 g/mol. The van der Waals surface area contributed by atoms with E-state index in [2.05, 4.69) is 25.9 Å². The zero-order chi connectivity index (χ0) is 24.1. The summed E-state index contributed by atoms with van der Waals surface area (Å²) in [5.41, 5.74) is 2.37. The highest BCUT2D eigenvalue weighted by Crippen LogP contribution is 2.32. The Hall–Kier alpha value is -2.75. The summed E-state index contributed by atoms with van der Waals surface area (Å²) in [6.07, 6.45) is 3.63. The molecule has 180 valence electrons. The first-order valence-corrected chi connectivity index (χ1v) is 12.9. The molecule has 10 heteroatoms. The van der Waals surface area contributed by atoms with Crippen molar-refractivity contribution >= 4 is 45.5 Å². The van der Waals surface area contributed by atoms with E-state index in [0.717, 1.165) is 31.6 Å². The molecule has 0 amide bonds. The average Bonchev–Trinajstić information content (AvgIpc) is 2.86. The summed E-state index contributed by atoms with van der Waals surface area (Å²) in [7, 11) is 0.432. The lowest BCUT2D eigenvalue weighted by Crippen LogP contribution is -2.27. The Morgan fingerprint density at radius 3 is 2.59 bits per heavy atom. The van der Waals surface area contributed by atoms with Gasteiger partial charge in [-0.2, -0.15) is 4.98 Å². The summed E-state index contributed by atoms with van der Waals surface area (Å²) in [6.45, 7) is 5.84. The Morgan fingerprint density at radius 2 is 1.85 bits per heavy atom. The first kappa shape index (κ1) is 24.4. The predicted octanol–water partition coefficient (Wildman–Crippen LogP) is 5.00. The standard InChI is InChI=1S/C24H29ClN6O2S/c1-15(2)34(32)21-7-5-4-6-19(21)28-22-17(25)14-27-24(31-22)30-20-9-8-18(29-23(20)33-3)16-10-12-26-13-11-16/h4-9,14-16,26H,10-13H2,1-3H3,(H2,27,28,30,31). The van der Waals surface area contributed by atoms with Crippen LogP contribution in [-0.4, -0.2) is 44.6 Å². The number of piperidine rings is 1. The van der Waals surface area contributed by atoms with E-state index in [-0.39, 0.29) is 5.25 Å². The van der Waals surface area contributed by atoms with Crippen molar-refractivity contribution in [2.75, 3.05) is 30.8 Å². The monoisotopic (exact) mass is 500 g/mol. The third kappa shape index (κ3) is 5.65. The van der Waals surface area contributed by atoms with Gasteiger partial charge in [0.05, 0.1) is 34.7 Å². The predicted molar refractivity (Wildman–Crippen MR) is 137 cm³/mol. The van der Waals surface area contributed by atoms with Gasteiger partial charge in [-0.25, -0.2) is 9.97 Å². The summed E-state index contributed by atoms with van der Waals surface area (Å²) in [5, 5.41) is 10.1. The number of methoxy groups -OCH3 is 1. The second-order valence-corrected chi connectivity index (χ2v) is 10.7. The molecule has 3 heterocycles. The summed E-state index contributed by atoms with van der Waals surface area (Å²) < 4.78 is 18.3. The van der Waals surface area contributed by atoms with Crippen LogP contribution >= 0.6 is 11.6 Å². The second-order valence-electron chi connectivity index (χ2n) is 8.30. The number of halogens is 1. The van der Waals surface area contributed by atoms with E-state index < -0.39 is 10.8 Å². The Morgan fingerprint density at radius 1 is 1.09 bits per heavy atom. The summed E-state index contributed by atoms with van der Waals surface area (Å²) in [4.78, 5) is 14.3. The fraction of sp³-hybridized carbons (Fsp3) is 0.375. The molecule has 0 radical (unpaired) electrons. The van der Waals surface area contributed by atoms with Crippen LogP contribution in [0.25, 0.3) is 0 Å². The number of rotatable bonds is 8. The van der Waals surface area contributed by atoms with Crippen molar-refractivity contribution < 1.29 is 8.95 Å². The number of hydrogen-bond acceptors (Lipinski definition) is 8. The van der Waals surface area contributed by atoms with Crippen molar-refractivity contribution in [2.45, 2.75) is 42.8 Å². The van der Waals surface area contributed by atoms with Crippen molar-refractivity contribution in [1.82, 2.24) is 20.3 Å². The van der Waals surface area contributed by atoms with Gasteiger partial charge in [0, 0.05) is 16.9 Å². The molecule has 1 unspecified atom stereocenters. The number of nitrogens with zero attached hydrogens (tertiary/aromatic N) is 3. The Kier molecular flexibility index (Phi) is 7.97. The molecule has 1 aromatic carbocycles. The summed E-state index contributed by atoms with van der Waals surface area (Å²) >= 11 is 6.38. The van der Waals surface area contributed by atoms with Crippen LogP contribution in [0, 0.1) is 0 Å². The number of para-hydroxylation sites is 1. The fourth-order valence-corrected chi connectivity index (χ4v) is 5.01. The quantitative estimate of drug-likeness (QED) is 0.397. The largest absolute Gasteiger partial charge is 0.480 e. The molecule has 2 aromatic heterocycles. The Bertz CT molecular complexity index is 1170. The van der Waals surface area contributed by atoms with Crippen LogP contribution in [0.4, 0.5) is 23.1 Å². The summed E-state index contributed by atoms with van der Waals surface area (Å²) in [5.74, 6) is 1.65. The van der Waals surface area contributed by atoms with Gasteiger partial charge in [-0.1, -0.05) is 37.6 Å². The molecule has 3 N–H and O–H groups in total. The van der Waals surface area contributed by atoms with Gasteiger partial charge in [-0.05, 0) is 50.2 Å². The van der Waals surface area contributed by atoms with Crippen LogP contribution in [-0.2, 0) is 10.8 Å². The van der Waals surface area contributed by atoms with Crippen molar-refractivity contribution in [3.8, 4) is 5.88 Å². The van der Waals surface area contributed by atoms with E-state index in [1.807, 2.05) is 50.2 Å². The molecule has 0 spiro atoms. The van der Waals surface area contributed by atoms with Crippen LogP contribution in [0.5, 0.6) is 5.88 Å². The maximum Gasteiger partial charge on any atom is 0.237 e. The van der Waals surface area contributed by atoms with Gasteiger partial charge in [-0.15, -0.1) is 0 Å². The van der Waals surface area contributed by atoms with Crippen molar-refractivity contribution in [3.63, 3.8) is 0 Å². The maximum atomic E-state index is 12.7. The van der Waals surface area contributed by atoms with Gasteiger partial charge in [0.2, 0.25) is 11.8 Å². The number of hydrogen-bond donors (Lipinski definition) is 3. The number of pyridine rings is 1. The number of ether oxygens (including phenoxy) is 1. The Balaban J connectivity index is 1.57. The normalized spacial score (nSPS) is 15.2. The lowest BCUT2D eigenvalue weighted by molar-refractivity contribution is 0.391. The SMILES string of the molecule is COc1nc(C2CCNCC2)ccc1Nc1ncc(Cl)c(Nc2ccccc2S(=O)C(C)C)n1. The maximum absolute atomic E-state index is 12.7. The fourth-order valence-electron chi connectivity index (χ4n) is 3.81. The van der Waals surface area contributed by atoms with Crippen molar-refractivity contribution in [1.29, 1.82) is 0 Å². The first-order valence-electron chi connectivity index (χ1n) is 11.3. The van der Waals surface area contributed by atoms with Crippen LogP contribution in [0.2, 0.25) is 5.02 Å². The third-order valence-electron chi connectivity index (χ3n) is 5.61. The molecule has 3 aromatic rings. The number of nitrogens with one attached hydrogen (secondary N) is 3. The third-order valence-corrected chi connectivity index (χ3v) is 7.53. The number of benzene rings is 1. The zero-order valence-corrected chi connectivity index (χ0v) is 21.0. The van der Waals surface area contributed by atoms with Crippen LogP contribution in [0.15, 0.2) is 47.5 Å². The van der Waals surface area contributed by atoms with E-state index in [1.54, 1.807) is 7.11 Å². The Labute approximate surface area is 207 Å². The molecule has 0 saturated carbocycles. The first-order chi connectivity index (χ1) is 16.5. The molecule has 34 heavy (non-hydrogen) atoms. The van der Waals surface area contributed by atoms with Gasteiger partial charge in [-0.3, -0.25) is 4.21 Å². The van der Waals surface area contributed by atoms with Crippen LogP contribution in [0.3, 0.4) is 0 Å². The number of anilines is 4. The van der Waals surface area contributed by atoms with Crippen LogP contribution in [0.1, 0.15) is 38.3 Å². The average molecular weight is 501 g/mol. The zero-order valence-electron chi connectivity index (χ0n) is 19.5. The minimum Gasteiger partial charge on any atom is -0.480 e. The molecular formula is C24H29ClN6O2S. The molecule has 0 bridgehead atoms. The topological polar surface area (TPSA) is 101 Å². The molecule has 1 fully saturated rings. The smallest absolute Gasteiger partial charge is 0.237 e. The molecule has 0 aliphatic carbocycles. The molecule has 1 aliphatic heterocycles. The molecule has 8 nitrogen and oxygen atoms in total. The minimum atomic E-state index is -1.17. The lowest BCUT2D eigenvalue weighted by Gasteiger charge is -2.23. The second kappa shape index (κ2) is 11.1. The van der Waals surface area contributed by atoms with E-state index in [1.165, 1.54) is 6.20 Å². The van der Waals surface area contributed by atoms with Gasteiger partial charge >= 0.3 is 0 Å². The molecule has 1 saturated heterocycles. The lowest BCUT2D eigenvalue weighted by atomic mass is 9.94. The van der Waals surface area contributed by atoms with Crippen molar-refractivity contribution in [2.24, 2.45) is 0 Å². The highest BCUT2D eigenvalue weighted by molar-refractivity contribution is 7.85.